The van der Waals surface area contributed by atoms with E-state index in [1.807, 2.05) is 13.8 Å². The first kappa shape index (κ1) is 11.3. The molecule has 0 aliphatic carbocycles. The zero-order chi connectivity index (χ0) is 8.69. The maximum atomic E-state index is 11.1. The van der Waals surface area contributed by atoms with Crippen molar-refractivity contribution in [3.05, 3.63) is 0 Å². The van der Waals surface area contributed by atoms with Crippen LogP contribution < -0.4 is 0 Å². The van der Waals surface area contributed by atoms with Crippen molar-refractivity contribution < 1.29 is 9.53 Å². The van der Waals surface area contributed by atoms with Crippen molar-refractivity contribution in [2.75, 3.05) is 6.61 Å². The fourth-order valence-electron chi connectivity index (χ4n) is 0.638. The quantitative estimate of drug-likeness (QED) is 0.564. The molecule has 3 heteroatoms. The molecule has 2 nitrogen and oxygen atoms in total. The van der Waals surface area contributed by atoms with E-state index in [0.717, 1.165) is 6.42 Å². The number of esters is 1. The van der Waals surface area contributed by atoms with Crippen LogP contribution in [0.3, 0.4) is 0 Å². The summed E-state index contributed by atoms with van der Waals surface area (Å²) in [6.07, 6.45) is 0.922. The van der Waals surface area contributed by atoms with E-state index >= 15 is 0 Å². The first-order valence-electron chi connectivity index (χ1n) is 4.00. The molecule has 0 bridgehead atoms. The molecule has 0 radical (unpaired) electrons. The van der Waals surface area contributed by atoms with E-state index in [1.165, 1.54) is 4.47 Å². The number of carbonyl (C=O) groups excluding carboxylic acids is 1. The minimum atomic E-state index is -0.131. The molecule has 0 aliphatic heterocycles. The van der Waals surface area contributed by atoms with Crippen LogP contribution in [0.1, 0.15) is 27.2 Å². The molecule has 0 heterocycles. The molecular formula is C8H16O2Te. The molecule has 0 saturated heterocycles. The standard InChI is InChI=1S/C8H16O2Te/c1-4-6-10-8(9)7(3)11-5-2/h7H,4-6H2,1-3H3. The molecule has 0 aliphatic rings. The number of rotatable bonds is 5. The van der Waals surface area contributed by atoms with Crippen LogP contribution >= 0.6 is 0 Å². The molecule has 0 rings (SSSR count). The Morgan fingerprint density at radius 3 is 2.64 bits per heavy atom. The van der Waals surface area contributed by atoms with Crippen LogP contribution in [0.4, 0.5) is 0 Å². The topological polar surface area (TPSA) is 26.3 Å². The maximum absolute atomic E-state index is 11.1. The normalized spacial score (nSPS) is 12.6. The molecule has 0 spiro atoms. The third-order valence-corrected chi connectivity index (χ3v) is 4.12. The number of ether oxygens (including phenoxy) is 1. The van der Waals surface area contributed by atoms with E-state index in [4.69, 9.17) is 4.74 Å². The van der Waals surface area contributed by atoms with Gasteiger partial charge in [0.15, 0.2) is 0 Å². The van der Waals surface area contributed by atoms with Gasteiger partial charge in [-0.25, -0.2) is 0 Å². The summed E-state index contributed by atoms with van der Waals surface area (Å²) in [5.41, 5.74) is 0. The summed E-state index contributed by atoms with van der Waals surface area (Å²) < 4.78 is 6.38. The second-order valence-corrected chi connectivity index (χ2v) is 6.88. The van der Waals surface area contributed by atoms with E-state index in [0.29, 0.717) is 6.61 Å². The number of hydrogen-bond acceptors (Lipinski definition) is 2. The first-order chi connectivity index (χ1) is 5.22. The van der Waals surface area contributed by atoms with Gasteiger partial charge in [-0.3, -0.25) is 0 Å². The van der Waals surface area contributed by atoms with Crippen LogP contribution in [0.5, 0.6) is 0 Å². The third kappa shape index (κ3) is 5.52. The van der Waals surface area contributed by atoms with Crippen LogP contribution in [0.25, 0.3) is 0 Å². The predicted molar refractivity (Wildman–Crippen MR) is 46.9 cm³/mol. The average Bonchev–Trinajstić information content (AvgIpc) is 2.00. The van der Waals surface area contributed by atoms with E-state index in [2.05, 4.69) is 6.92 Å². The fourth-order valence-corrected chi connectivity index (χ4v) is 2.65. The van der Waals surface area contributed by atoms with Crippen molar-refractivity contribution in [3.63, 3.8) is 0 Å². The van der Waals surface area contributed by atoms with Crippen LogP contribution in [0.2, 0.25) is 8.43 Å². The SMILES string of the molecule is CCCOC(=O)C(C)[Te]CC. The Morgan fingerprint density at radius 1 is 1.55 bits per heavy atom. The van der Waals surface area contributed by atoms with Gasteiger partial charge in [-0.1, -0.05) is 0 Å². The van der Waals surface area contributed by atoms with Gasteiger partial charge < -0.3 is 0 Å². The van der Waals surface area contributed by atoms with E-state index < -0.39 is 0 Å². The van der Waals surface area contributed by atoms with Crippen molar-refractivity contribution in [2.24, 2.45) is 0 Å². The predicted octanol–water partition coefficient (Wildman–Crippen LogP) is 1.89. The Balaban J connectivity index is 3.47. The second kappa shape index (κ2) is 6.94. The fraction of sp³-hybridized carbons (Fsp3) is 0.875. The van der Waals surface area contributed by atoms with Crippen molar-refractivity contribution in [2.45, 2.75) is 35.6 Å². The van der Waals surface area contributed by atoms with Crippen molar-refractivity contribution >= 4 is 26.9 Å². The molecule has 0 amide bonds. The molecule has 0 aromatic carbocycles. The molecule has 11 heavy (non-hydrogen) atoms. The zero-order valence-electron chi connectivity index (χ0n) is 7.42. The number of carbonyl (C=O) groups is 1. The molecular weight excluding hydrogens is 256 g/mol. The van der Waals surface area contributed by atoms with Gasteiger partial charge in [0.1, 0.15) is 0 Å². The molecule has 1 atom stereocenters. The van der Waals surface area contributed by atoms with Crippen LogP contribution in [-0.4, -0.2) is 33.5 Å². The molecule has 0 saturated carbocycles. The molecule has 0 fully saturated rings. The molecule has 0 aromatic rings. The van der Waals surface area contributed by atoms with Gasteiger partial charge in [0.25, 0.3) is 0 Å². The number of hydrogen-bond donors (Lipinski definition) is 0. The summed E-state index contributed by atoms with van der Waals surface area (Å²) >= 11 is -0.131. The Labute approximate surface area is 78.8 Å². The molecule has 66 valence electrons. The first-order valence-corrected chi connectivity index (χ1v) is 6.99. The summed E-state index contributed by atoms with van der Waals surface area (Å²) in [5, 5.41) is 0. The van der Waals surface area contributed by atoms with Gasteiger partial charge in [-0.15, -0.1) is 0 Å². The van der Waals surface area contributed by atoms with E-state index in [9.17, 15) is 4.79 Å². The molecule has 1 unspecified atom stereocenters. The molecule has 0 aromatic heterocycles. The minimum absolute atomic E-state index is 0.0103. The van der Waals surface area contributed by atoms with Gasteiger partial charge in [0.05, 0.1) is 0 Å². The third-order valence-electron chi connectivity index (χ3n) is 1.20. The van der Waals surface area contributed by atoms with Crippen LogP contribution in [0, 0.1) is 0 Å². The van der Waals surface area contributed by atoms with E-state index in [-0.39, 0.29) is 30.9 Å². The Morgan fingerprint density at radius 2 is 2.18 bits per heavy atom. The van der Waals surface area contributed by atoms with Crippen molar-refractivity contribution in [1.29, 1.82) is 0 Å². The van der Waals surface area contributed by atoms with Crippen LogP contribution in [-0.2, 0) is 9.53 Å². The summed E-state index contributed by atoms with van der Waals surface area (Å²) in [6.45, 7) is 6.70. The Bertz CT molecular complexity index is 115. The van der Waals surface area contributed by atoms with Crippen molar-refractivity contribution in [3.8, 4) is 0 Å². The van der Waals surface area contributed by atoms with E-state index in [1.54, 1.807) is 0 Å². The van der Waals surface area contributed by atoms with Gasteiger partial charge in [0.2, 0.25) is 0 Å². The van der Waals surface area contributed by atoms with Crippen molar-refractivity contribution in [1.82, 2.24) is 0 Å². The van der Waals surface area contributed by atoms with Gasteiger partial charge >= 0.3 is 78.7 Å². The monoisotopic (exact) mass is 274 g/mol. The average molecular weight is 272 g/mol. The Kier molecular flexibility index (Phi) is 7.10. The van der Waals surface area contributed by atoms with Gasteiger partial charge in [-0.2, -0.15) is 0 Å². The van der Waals surface area contributed by atoms with Crippen LogP contribution in [0.15, 0.2) is 0 Å². The Hall–Kier alpha value is 0.260. The summed E-state index contributed by atoms with van der Waals surface area (Å²) in [4.78, 5) is 11.1. The molecule has 0 N–H and O–H groups in total. The second-order valence-electron chi connectivity index (χ2n) is 2.27. The van der Waals surface area contributed by atoms with Gasteiger partial charge in [0, 0.05) is 0 Å². The summed E-state index contributed by atoms with van der Waals surface area (Å²) in [7, 11) is 0. The summed E-state index contributed by atoms with van der Waals surface area (Å²) in [5.74, 6) is 0.0103. The van der Waals surface area contributed by atoms with Gasteiger partial charge in [-0.05, 0) is 0 Å². The zero-order valence-corrected chi connectivity index (χ0v) is 9.75. The summed E-state index contributed by atoms with van der Waals surface area (Å²) in [6, 6.07) is 0.